The Labute approximate surface area is 264 Å². The lowest BCUT2D eigenvalue weighted by Gasteiger charge is -2.19. The van der Waals surface area contributed by atoms with Gasteiger partial charge >= 0.3 is 12.3 Å². The number of ether oxygens (including phenoxy) is 5. The maximum Gasteiger partial charge on any atom is 0.416 e. The van der Waals surface area contributed by atoms with Crippen molar-refractivity contribution in [2.45, 2.75) is 32.5 Å². The number of carbonyl (C=O) groups is 2. The second-order valence-corrected chi connectivity index (χ2v) is 11.0. The molecule has 3 rings (SSSR count). The molecular formula is C33H45F3N2O7. The number of fused-ring (bicyclic) bond motifs is 1. The Hall–Kier alpha value is -3.71. The molecule has 0 spiro atoms. The summed E-state index contributed by atoms with van der Waals surface area (Å²) >= 11 is 0. The summed E-state index contributed by atoms with van der Waals surface area (Å²) in [6, 6.07) is 15.8. The van der Waals surface area contributed by atoms with Crippen molar-refractivity contribution in [3.63, 3.8) is 0 Å². The van der Waals surface area contributed by atoms with Gasteiger partial charge in [0.2, 0.25) is 0 Å². The zero-order valence-corrected chi connectivity index (χ0v) is 25.8. The second kappa shape index (κ2) is 17.7. The molecule has 0 aliphatic heterocycles. The fourth-order valence-corrected chi connectivity index (χ4v) is 4.16. The highest BCUT2D eigenvalue weighted by atomic mass is 19.4. The molecule has 0 unspecified atom stereocenters. The summed E-state index contributed by atoms with van der Waals surface area (Å²) in [5, 5.41) is 7.06. The lowest BCUT2D eigenvalue weighted by molar-refractivity contribution is -0.137. The van der Waals surface area contributed by atoms with Crippen molar-refractivity contribution in [1.82, 2.24) is 10.6 Å². The third kappa shape index (κ3) is 13.0. The standard InChI is InChI=1S/C33H41F3N2O7.2H2/c1-32(2,3)45-31(40)38-14-16-42-18-20-44-22-21-43-19-17-41-15-13-37-30(39)26-9-12-29-25(23-26)5-4-6-28(29)24-7-10-27(11-8-24)33(34,35)36;;/h4-12,23H,13-22H2,1-3H3,(H,37,39)(H,38,40);2*1H. The van der Waals surface area contributed by atoms with Crippen molar-refractivity contribution in [3.8, 4) is 11.1 Å². The fraction of sp³-hybridized carbons (Fsp3) is 0.455. The van der Waals surface area contributed by atoms with Gasteiger partial charge in [-0.05, 0) is 66.9 Å². The van der Waals surface area contributed by atoms with Crippen LogP contribution in [-0.4, -0.2) is 83.5 Å². The molecule has 250 valence electrons. The predicted molar refractivity (Wildman–Crippen MR) is 168 cm³/mol. The van der Waals surface area contributed by atoms with E-state index in [4.69, 9.17) is 23.7 Å². The molecule has 0 heterocycles. The summed E-state index contributed by atoms with van der Waals surface area (Å²) in [5.74, 6) is -0.253. The van der Waals surface area contributed by atoms with Gasteiger partial charge < -0.3 is 34.3 Å². The first kappa shape index (κ1) is 35.8. The Morgan fingerprint density at radius 2 is 1.27 bits per heavy atom. The largest absolute Gasteiger partial charge is 0.444 e. The maximum absolute atomic E-state index is 12.9. The number of alkyl carbamates (subject to hydrolysis) is 1. The third-order valence-corrected chi connectivity index (χ3v) is 6.23. The minimum Gasteiger partial charge on any atom is -0.444 e. The van der Waals surface area contributed by atoms with Gasteiger partial charge in [0.1, 0.15) is 5.60 Å². The Balaban J connectivity index is 0.00000552. The van der Waals surface area contributed by atoms with E-state index in [1.54, 1.807) is 39.0 Å². The van der Waals surface area contributed by atoms with Gasteiger partial charge in [-0.15, -0.1) is 0 Å². The molecule has 2 N–H and O–H groups in total. The van der Waals surface area contributed by atoms with E-state index >= 15 is 0 Å². The van der Waals surface area contributed by atoms with Crippen molar-refractivity contribution < 1.29 is 49.3 Å². The van der Waals surface area contributed by atoms with Gasteiger partial charge in [0.25, 0.3) is 5.91 Å². The van der Waals surface area contributed by atoms with Gasteiger partial charge in [-0.25, -0.2) is 4.79 Å². The monoisotopic (exact) mass is 638 g/mol. The van der Waals surface area contributed by atoms with E-state index in [1.165, 1.54) is 12.1 Å². The molecular weight excluding hydrogens is 593 g/mol. The van der Waals surface area contributed by atoms with Crippen molar-refractivity contribution in [2.24, 2.45) is 0 Å². The minimum absolute atomic E-state index is 0. The number of rotatable bonds is 17. The number of amides is 2. The van der Waals surface area contributed by atoms with Crippen LogP contribution in [-0.2, 0) is 29.9 Å². The molecule has 0 radical (unpaired) electrons. The van der Waals surface area contributed by atoms with Gasteiger partial charge in [0.15, 0.2) is 0 Å². The molecule has 2 amide bonds. The third-order valence-electron chi connectivity index (χ3n) is 6.23. The predicted octanol–water partition coefficient (Wildman–Crippen LogP) is 6.34. The number of alkyl halides is 3. The number of carbonyl (C=O) groups excluding carboxylic acids is 2. The second-order valence-electron chi connectivity index (χ2n) is 11.0. The van der Waals surface area contributed by atoms with E-state index < -0.39 is 23.4 Å². The van der Waals surface area contributed by atoms with Crippen LogP contribution in [0.15, 0.2) is 60.7 Å². The molecule has 0 atom stereocenters. The molecule has 0 saturated carbocycles. The van der Waals surface area contributed by atoms with Gasteiger partial charge in [0.05, 0.1) is 58.4 Å². The van der Waals surface area contributed by atoms with Crippen LogP contribution in [0, 0.1) is 0 Å². The van der Waals surface area contributed by atoms with E-state index in [0.29, 0.717) is 77.1 Å². The van der Waals surface area contributed by atoms with Crippen LogP contribution in [0.1, 0.15) is 39.5 Å². The fourth-order valence-electron chi connectivity index (χ4n) is 4.16. The van der Waals surface area contributed by atoms with Crippen molar-refractivity contribution in [3.05, 3.63) is 71.8 Å². The molecule has 0 aromatic heterocycles. The van der Waals surface area contributed by atoms with E-state index in [0.717, 1.165) is 28.5 Å². The average molecular weight is 639 g/mol. The van der Waals surface area contributed by atoms with Crippen LogP contribution >= 0.6 is 0 Å². The molecule has 0 bridgehead atoms. The molecule has 45 heavy (non-hydrogen) atoms. The molecule has 0 aliphatic carbocycles. The molecule has 0 saturated heterocycles. The lowest BCUT2D eigenvalue weighted by atomic mass is 9.96. The van der Waals surface area contributed by atoms with Crippen molar-refractivity contribution in [1.29, 1.82) is 0 Å². The molecule has 3 aromatic rings. The first-order valence-corrected chi connectivity index (χ1v) is 14.7. The van der Waals surface area contributed by atoms with Crippen LogP contribution in [0.4, 0.5) is 18.0 Å². The van der Waals surface area contributed by atoms with Crippen LogP contribution in [0.3, 0.4) is 0 Å². The van der Waals surface area contributed by atoms with E-state index in [1.807, 2.05) is 18.2 Å². The van der Waals surface area contributed by atoms with Crippen LogP contribution in [0.5, 0.6) is 0 Å². The molecule has 0 aliphatic rings. The Kier molecular flexibility index (Phi) is 14.1. The smallest absolute Gasteiger partial charge is 0.416 e. The highest BCUT2D eigenvalue weighted by Gasteiger charge is 2.30. The van der Waals surface area contributed by atoms with Gasteiger partial charge in [0, 0.05) is 21.5 Å². The number of hydrogen-bond acceptors (Lipinski definition) is 7. The van der Waals surface area contributed by atoms with Crippen LogP contribution in [0.25, 0.3) is 21.9 Å². The van der Waals surface area contributed by atoms with Gasteiger partial charge in [-0.3, -0.25) is 4.79 Å². The summed E-state index contributed by atoms with van der Waals surface area (Å²) in [6.45, 7) is 9.10. The summed E-state index contributed by atoms with van der Waals surface area (Å²) in [4.78, 5) is 24.1. The first-order chi connectivity index (χ1) is 21.4. The van der Waals surface area contributed by atoms with Crippen molar-refractivity contribution >= 4 is 22.8 Å². The van der Waals surface area contributed by atoms with Gasteiger partial charge in [-0.1, -0.05) is 36.4 Å². The topological polar surface area (TPSA) is 104 Å². The first-order valence-electron chi connectivity index (χ1n) is 14.7. The summed E-state index contributed by atoms with van der Waals surface area (Å²) < 4.78 is 65.7. The lowest BCUT2D eigenvalue weighted by Crippen LogP contribution is -2.34. The molecule has 9 nitrogen and oxygen atoms in total. The maximum atomic E-state index is 12.9. The van der Waals surface area contributed by atoms with Crippen LogP contribution < -0.4 is 10.6 Å². The Bertz CT molecular complexity index is 1370. The summed E-state index contributed by atoms with van der Waals surface area (Å²) in [5.41, 5.74) is 0.678. The minimum atomic E-state index is -4.39. The zero-order valence-electron chi connectivity index (χ0n) is 25.8. The average Bonchev–Trinajstić information content (AvgIpc) is 2.99. The zero-order chi connectivity index (χ0) is 32.7. The number of hydrogen-bond donors (Lipinski definition) is 2. The SMILES string of the molecule is CC(C)(C)OC(=O)NCCOCCOCCOCCOCCNC(=O)c1ccc2c(-c3ccc(C(F)(F)F)cc3)cccc2c1.[HH].[HH]. The van der Waals surface area contributed by atoms with E-state index in [9.17, 15) is 22.8 Å². The number of benzene rings is 3. The molecule has 3 aromatic carbocycles. The summed E-state index contributed by atoms with van der Waals surface area (Å²) in [7, 11) is 0. The van der Waals surface area contributed by atoms with E-state index in [2.05, 4.69) is 10.6 Å². The molecule has 0 fully saturated rings. The quantitative estimate of drug-likeness (QED) is 0.166. The number of halogens is 3. The van der Waals surface area contributed by atoms with Gasteiger partial charge in [-0.2, -0.15) is 13.2 Å². The van der Waals surface area contributed by atoms with E-state index in [-0.39, 0.29) is 8.76 Å². The normalized spacial score (nSPS) is 11.9. The number of nitrogens with one attached hydrogen (secondary N) is 2. The Morgan fingerprint density at radius 1 is 0.711 bits per heavy atom. The van der Waals surface area contributed by atoms with Crippen molar-refractivity contribution in [2.75, 3.05) is 65.9 Å². The Morgan fingerprint density at radius 3 is 1.82 bits per heavy atom. The highest BCUT2D eigenvalue weighted by molar-refractivity contribution is 6.02. The highest BCUT2D eigenvalue weighted by Crippen LogP contribution is 2.33. The van der Waals surface area contributed by atoms with Crippen LogP contribution in [0.2, 0.25) is 0 Å². The molecule has 12 heteroatoms. The summed E-state index contributed by atoms with van der Waals surface area (Å²) in [6.07, 6.45) is -4.87.